The molecule has 2 aromatic rings. The Morgan fingerprint density at radius 2 is 1.82 bits per heavy atom. The third-order valence-corrected chi connectivity index (χ3v) is 3.85. The fourth-order valence-electron chi connectivity index (χ4n) is 2.05. The molecule has 0 heterocycles. The second-order valence-corrected chi connectivity index (χ2v) is 5.53. The first-order chi connectivity index (χ1) is 10.6. The van der Waals surface area contributed by atoms with Crippen LogP contribution in [0.4, 0.5) is 0 Å². The third-order valence-electron chi connectivity index (χ3n) is 3.49. The number of hydrogen-bond acceptors (Lipinski definition) is 2. The molecule has 0 aliphatic carbocycles. The van der Waals surface area contributed by atoms with Gasteiger partial charge in [-0.25, -0.2) is 0 Å². The molecule has 0 aromatic heterocycles. The molecule has 0 bridgehead atoms. The number of aryl methyl sites for hydroxylation is 1. The van der Waals surface area contributed by atoms with Gasteiger partial charge in [0.05, 0.1) is 0 Å². The number of hydrogen-bond donors (Lipinski definition) is 0. The molecule has 0 radical (unpaired) electrons. The van der Waals surface area contributed by atoms with Crippen molar-refractivity contribution >= 4 is 17.5 Å². The normalized spacial score (nSPS) is 10.3. The molecular weight excluding hydrogens is 298 g/mol. The maximum Gasteiger partial charge on any atom is 0.260 e. The SMILES string of the molecule is CCc1ccc(OCC(=O)N(C)Cc2ccccc2Cl)cc1. The molecule has 0 unspecified atom stereocenters. The molecule has 4 heteroatoms. The van der Waals surface area contributed by atoms with E-state index in [0.29, 0.717) is 17.3 Å². The van der Waals surface area contributed by atoms with Gasteiger partial charge in [0.2, 0.25) is 0 Å². The van der Waals surface area contributed by atoms with Crippen molar-refractivity contribution in [3.05, 3.63) is 64.7 Å². The summed E-state index contributed by atoms with van der Waals surface area (Å²) >= 11 is 6.11. The number of amides is 1. The van der Waals surface area contributed by atoms with Gasteiger partial charge in [-0.2, -0.15) is 0 Å². The molecule has 0 fully saturated rings. The van der Waals surface area contributed by atoms with E-state index in [0.717, 1.165) is 12.0 Å². The van der Waals surface area contributed by atoms with Crippen LogP contribution in [0.1, 0.15) is 18.1 Å². The summed E-state index contributed by atoms with van der Waals surface area (Å²) in [5.41, 5.74) is 2.17. The topological polar surface area (TPSA) is 29.5 Å². The Morgan fingerprint density at radius 3 is 2.45 bits per heavy atom. The van der Waals surface area contributed by atoms with Gasteiger partial charge in [0, 0.05) is 18.6 Å². The average Bonchev–Trinajstić information content (AvgIpc) is 2.55. The lowest BCUT2D eigenvalue weighted by molar-refractivity contribution is -0.132. The second-order valence-electron chi connectivity index (χ2n) is 5.13. The van der Waals surface area contributed by atoms with E-state index in [2.05, 4.69) is 6.92 Å². The van der Waals surface area contributed by atoms with Gasteiger partial charge in [0.15, 0.2) is 6.61 Å². The van der Waals surface area contributed by atoms with Crippen molar-refractivity contribution < 1.29 is 9.53 Å². The highest BCUT2D eigenvalue weighted by molar-refractivity contribution is 6.31. The summed E-state index contributed by atoms with van der Waals surface area (Å²) in [6.45, 7) is 2.59. The van der Waals surface area contributed by atoms with Crippen LogP contribution in [-0.4, -0.2) is 24.5 Å². The Morgan fingerprint density at radius 1 is 1.14 bits per heavy atom. The smallest absolute Gasteiger partial charge is 0.260 e. The quantitative estimate of drug-likeness (QED) is 0.807. The van der Waals surface area contributed by atoms with E-state index in [1.807, 2.05) is 48.5 Å². The van der Waals surface area contributed by atoms with Crippen LogP contribution < -0.4 is 4.74 Å². The molecule has 0 atom stereocenters. The number of ether oxygens (including phenoxy) is 1. The predicted molar refractivity (Wildman–Crippen MR) is 89.2 cm³/mol. The van der Waals surface area contributed by atoms with E-state index in [1.165, 1.54) is 5.56 Å². The Bertz CT molecular complexity index is 625. The molecule has 2 aromatic carbocycles. The van der Waals surface area contributed by atoms with Crippen molar-refractivity contribution in [3.8, 4) is 5.75 Å². The van der Waals surface area contributed by atoms with Crippen LogP contribution in [0.5, 0.6) is 5.75 Å². The van der Waals surface area contributed by atoms with Crippen molar-refractivity contribution in [2.75, 3.05) is 13.7 Å². The number of benzene rings is 2. The maximum absolute atomic E-state index is 12.1. The zero-order valence-electron chi connectivity index (χ0n) is 12.9. The second kappa shape index (κ2) is 7.85. The fourth-order valence-corrected chi connectivity index (χ4v) is 2.24. The number of rotatable bonds is 6. The van der Waals surface area contributed by atoms with Gasteiger partial charge >= 0.3 is 0 Å². The summed E-state index contributed by atoms with van der Waals surface area (Å²) in [4.78, 5) is 13.7. The molecule has 0 aliphatic rings. The molecule has 22 heavy (non-hydrogen) atoms. The van der Waals surface area contributed by atoms with Crippen molar-refractivity contribution in [1.29, 1.82) is 0 Å². The fraction of sp³-hybridized carbons (Fsp3) is 0.278. The Balaban J connectivity index is 1.87. The minimum Gasteiger partial charge on any atom is -0.484 e. The number of halogens is 1. The highest BCUT2D eigenvalue weighted by Gasteiger charge is 2.11. The first-order valence-corrected chi connectivity index (χ1v) is 7.67. The summed E-state index contributed by atoms with van der Waals surface area (Å²) < 4.78 is 5.53. The first-order valence-electron chi connectivity index (χ1n) is 7.29. The number of nitrogens with zero attached hydrogens (tertiary/aromatic N) is 1. The zero-order chi connectivity index (χ0) is 15.9. The standard InChI is InChI=1S/C18H20ClNO2/c1-3-14-8-10-16(11-9-14)22-13-18(21)20(2)12-15-6-4-5-7-17(15)19/h4-11H,3,12-13H2,1-2H3. The van der Waals surface area contributed by atoms with Crippen molar-refractivity contribution in [2.45, 2.75) is 19.9 Å². The minimum atomic E-state index is -0.0838. The van der Waals surface area contributed by atoms with Crippen LogP contribution in [-0.2, 0) is 17.8 Å². The molecule has 0 aliphatic heterocycles. The molecule has 116 valence electrons. The predicted octanol–water partition coefficient (Wildman–Crippen LogP) is 3.94. The van der Waals surface area contributed by atoms with Crippen LogP contribution in [0, 0.1) is 0 Å². The molecule has 2 rings (SSSR count). The monoisotopic (exact) mass is 317 g/mol. The summed E-state index contributed by atoms with van der Waals surface area (Å²) in [6.07, 6.45) is 0.986. The molecule has 0 N–H and O–H groups in total. The van der Waals surface area contributed by atoms with Gasteiger partial charge in [-0.1, -0.05) is 48.9 Å². The van der Waals surface area contributed by atoms with Crippen LogP contribution in [0.15, 0.2) is 48.5 Å². The lowest BCUT2D eigenvalue weighted by Crippen LogP contribution is -2.31. The molecular formula is C18H20ClNO2. The Hall–Kier alpha value is -2.00. The lowest BCUT2D eigenvalue weighted by atomic mass is 10.2. The van der Waals surface area contributed by atoms with Crippen molar-refractivity contribution in [1.82, 2.24) is 4.90 Å². The van der Waals surface area contributed by atoms with E-state index in [-0.39, 0.29) is 12.5 Å². The number of carbonyl (C=O) groups excluding carboxylic acids is 1. The van der Waals surface area contributed by atoms with Crippen molar-refractivity contribution in [3.63, 3.8) is 0 Å². The van der Waals surface area contributed by atoms with Crippen molar-refractivity contribution in [2.24, 2.45) is 0 Å². The Kier molecular flexibility index (Phi) is 5.84. The van der Waals surface area contributed by atoms with Crippen LogP contribution >= 0.6 is 11.6 Å². The Labute approximate surface area is 136 Å². The van der Waals surface area contributed by atoms with Gasteiger partial charge < -0.3 is 9.64 Å². The molecule has 0 spiro atoms. The van der Waals surface area contributed by atoms with Gasteiger partial charge in [0.25, 0.3) is 5.91 Å². The van der Waals surface area contributed by atoms with E-state index >= 15 is 0 Å². The highest BCUT2D eigenvalue weighted by Crippen LogP contribution is 2.17. The van der Waals surface area contributed by atoms with Crippen LogP contribution in [0.2, 0.25) is 5.02 Å². The zero-order valence-corrected chi connectivity index (χ0v) is 13.6. The lowest BCUT2D eigenvalue weighted by Gasteiger charge is -2.18. The van der Waals surface area contributed by atoms with E-state index in [4.69, 9.17) is 16.3 Å². The largest absolute Gasteiger partial charge is 0.484 e. The number of carbonyl (C=O) groups is 1. The van der Waals surface area contributed by atoms with Crippen LogP contribution in [0.3, 0.4) is 0 Å². The number of likely N-dealkylation sites (N-methyl/N-ethyl adjacent to an activating group) is 1. The first kappa shape index (κ1) is 16.4. The van der Waals surface area contributed by atoms with E-state index in [9.17, 15) is 4.79 Å². The summed E-state index contributed by atoms with van der Waals surface area (Å²) in [6, 6.07) is 15.3. The summed E-state index contributed by atoms with van der Waals surface area (Å²) in [5.74, 6) is 0.621. The van der Waals surface area contributed by atoms with E-state index in [1.54, 1.807) is 11.9 Å². The molecule has 3 nitrogen and oxygen atoms in total. The average molecular weight is 318 g/mol. The summed E-state index contributed by atoms with van der Waals surface area (Å²) in [7, 11) is 1.75. The van der Waals surface area contributed by atoms with Gasteiger partial charge in [-0.15, -0.1) is 0 Å². The van der Waals surface area contributed by atoms with Gasteiger partial charge in [0.1, 0.15) is 5.75 Å². The summed E-state index contributed by atoms with van der Waals surface area (Å²) in [5, 5.41) is 0.665. The van der Waals surface area contributed by atoms with E-state index < -0.39 is 0 Å². The maximum atomic E-state index is 12.1. The highest BCUT2D eigenvalue weighted by atomic mass is 35.5. The molecule has 0 saturated heterocycles. The van der Waals surface area contributed by atoms with Gasteiger partial charge in [-0.3, -0.25) is 4.79 Å². The molecule has 0 saturated carbocycles. The minimum absolute atomic E-state index is 0.0203. The molecule has 1 amide bonds. The van der Waals surface area contributed by atoms with Crippen LogP contribution in [0.25, 0.3) is 0 Å². The third kappa shape index (κ3) is 4.50. The van der Waals surface area contributed by atoms with Gasteiger partial charge in [-0.05, 0) is 35.7 Å².